The van der Waals surface area contributed by atoms with Gasteiger partial charge >= 0.3 is 0 Å². The van der Waals surface area contributed by atoms with Gasteiger partial charge in [-0.1, -0.05) is 44.2 Å². The Morgan fingerprint density at radius 1 is 1.28 bits per heavy atom. The predicted octanol–water partition coefficient (Wildman–Crippen LogP) is 3.81. The maximum absolute atomic E-state index is 12.5. The average Bonchev–Trinajstić information content (AvgIpc) is 3.03. The number of carbonyl (C=O) groups is 1. The SMILES string of the molecule is COc1cc(Br)cn2nc(C(=O)NCC(C)(C)c3ccccc3)cc12. The summed E-state index contributed by atoms with van der Waals surface area (Å²) in [6.07, 6.45) is 1.79. The third-order valence-corrected chi connectivity index (χ3v) is 4.64. The van der Waals surface area contributed by atoms with Crippen molar-refractivity contribution in [3.63, 3.8) is 0 Å². The highest BCUT2D eigenvalue weighted by molar-refractivity contribution is 9.10. The van der Waals surface area contributed by atoms with Crippen LogP contribution in [0, 0.1) is 0 Å². The molecule has 0 aliphatic rings. The Labute approximate surface area is 155 Å². The fraction of sp³-hybridized carbons (Fsp3) is 0.263. The Bertz CT molecular complexity index is 904. The highest BCUT2D eigenvalue weighted by atomic mass is 79.9. The monoisotopic (exact) mass is 401 g/mol. The zero-order valence-corrected chi connectivity index (χ0v) is 16.0. The molecule has 0 spiro atoms. The van der Waals surface area contributed by atoms with E-state index in [2.05, 4.69) is 52.3 Å². The number of benzene rings is 1. The average molecular weight is 402 g/mol. The molecule has 1 aromatic carbocycles. The molecule has 0 fully saturated rings. The molecular formula is C19H20BrN3O2. The van der Waals surface area contributed by atoms with Crippen LogP contribution in [-0.4, -0.2) is 29.2 Å². The molecule has 3 aromatic rings. The number of amides is 1. The van der Waals surface area contributed by atoms with Crippen molar-refractivity contribution in [3.05, 3.63) is 64.4 Å². The van der Waals surface area contributed by atoms with Gasteiger partial charge in [0.2, 0.25) is 0 Å². The first-order chi connectivity index (χ1) is 11.9. The molecule has 2 heterocycles. The van der Waals surface area contributed by atoms with Crippen molar-refractivity contribution in [3.8, 4) is 5.75 Å². The summed E-state index contributed by atoms with van der Waals surface area (Å²) < 4.78 is 7.82. The van der Waals surface area contributed by atoms with Crippen molar-refractivity contribution in [2.24, 2.45) is 0 Å². The lowest BCUT2D eigenvalue weighted by Gasteiger charge is -2.25. The molecule has 0 radical (unpaired) electrons. The van der Waals surface area contributed by atoms with Crippen molar-refractivity contribution in [2.75, 3.05) is 13.7 Å². The van der Waals surface area contributed by atoms with Gasteiger partial charge in [-0.25, -0.2) is 4.52 Å². The van der Waals surface area contributed by atoms with Gasteiger partial charge in [0, 0.05) is 28.7 Å². The Balaban J connectivity index is 1.79. The number of pyridine rings is 1. The van der Waals surface area contributed by atoms with E-state index in [9.17, 15) is 4.79 Å². The van der Waals surface area contributed by atoms with Gasteiger partial charge in [0.1, 0.15) is 11.3 Å². The van der Waals surface area contributed by atoms with Gasteiger partial charge in [-0.3, -0.25) is 4.79 Å². The number of rotatable bonds is 5. The number of hydrogen-bond donors (Lipinski definition) is 1. The van der Waals surface area contributed by atoms with Gasteiger partial charge in [0.05, 0.1) is 7.11 Å². The smallest absolute Gasteiger partial charge is 0.271 e. The number of hydrogen-bond acceptors (Lipinski definition) is 3. The first kappa shape index (κ1) is 17.5. The molecule has 3 rings (SSSR count). The van der Waals surface area contributed by atoms with Crippen molar-refractivity contribution < 1.29 is 9.53 Å². The molecule has 130 valence electrons. The van der Waals surface area contributed by atoms with Crippen LogP contribution in [0.5, 0.6) is 5.75 Å². The van der Waals surface area contributed by atoms with Crippen molar-refractivity contribution in [1.82, 2.24) is 14.9 Å². The number of carbonyl (C=O) groups excluding carboxylic acids is 1. The molecule has 0 atom stereocenters. The van der Waals surface area contributed by atoms with Crippen molar-refractivity contribution in [1.29, 1.82) is 0 Å². The van der Waals surface area contributed by atoms with E-state index in [4.69, 9.17) is 4.74 Å². The van der Waals surface area contributed by atoms with E-state index in [0.717, 1.165) is 9.99 Å². The highest BCUT2D eigenvalue weighted by Crippen LogP contribution is 2.25. The summed E-state index contributed by atoms with van der Waals surface area (Å²) >= 11 is 3.41. The molecule has 0 bridgehead atoms. The quantitative estimate of drug-likeness (QED) is 0.706. The number of fused-ring (bicyclic) bond motifs is 1. The summed E-state index contributed by atoms with van der Waals surface area (Å²) in [6, 6.07) is 13.7. The number of nitrogens with one attached hydrogen (secondary N) is 1. The molecule has 0 saturated carbocycles. The fourth-order valence-corrected chi connectivity index (χ4v) is 3.09. The Hall–Kier alpha value is -2.34. The van der Waals surface area contributed by atoms with E-state index in [1.54, 1.807) is 23.9 Å². The number of methoxy groups -OCH3 is 1. The van der Waals surface area contributed by atoms with Gasteiger partial charge in [-0.2, -0.15) is 5.10 Å². The number of halogens is 1. The molecule has 0 aliphatic carbocycles. The second-order valence-electron chi connectivity index (χ2n) is 6.52. The molecule has 0 aliphatic heterocycles. The molecule has 6 heteroatoms. The second-order valence-corrected chi connectivity index (χ2v) is 7.43. The zero-order chi connectivity index (χ0) is 18.0. The summed E-state index contributed by atoms with van der Waals surface area (Å²) in [7, 11) is 1.59. The Kier molecular flexibility index (Phi) is 4.81. The van der Waals surface area contributed by atoms with Gasteiger partial charge in [-0.15, -0.1) is 0 Å². The molecule has 5 nitrogen and oxygen atoms in total. The molecule has 1 N–H and O–H groups in total. The number of aromatic nitrogens is 2. The summed E-state index contributed by atoms with van der Waals surface area (Å²) in [5.74, 6) is 0.455. The van der Waals surface area contributed by atoms with Crippen LogP contribution in [0.25, 0.3) is 5.52 Å². The van der Waals surface area contributed by atoms with E-state index in [0.29, 0.717) is 18.0 Å². The molecule has 2 aromatic heterocycles. The van der Waals surface area contributed by atoms with Crippen LogP contribution < -0.4 is 10.1 Å². The van der Waals surface area contributed by atoms with Gasteiger partial charge < -0.3 is 10.1 Å². The molecule has 0 unspecified atom stereocenters. The third-order valence-electron chi connectivity index (χ3n) is 4.20. The highest BCUT2D eigenvalue weighted by Gasteiger charge is 2.22. The van der Waals surface area contributed by atoms with Crippen LogP contribution in [0.1, 0.15) is 29.9 Å². The molecule has 1 amide bonds. The zero-order valence-electron chi connectivity index (χ0n) is 14.4. The van der Waals surface area contributed by atoms with Crippen LogP contribution in [0.2, 0.25) is 0 Å². The molecule has 0 saturated heterocycles. The van der Waals surface area contributed by atoms with Crippen LogP contribution in [0.3, 0.4) is 0 Å². The van der Waals surface area contributed by atoms with Crippen LogP contribution in [-0.2, 0) is 5.41 Å². The fourth-order valence-electron chi connectivity index (χ4n) is 2.69. The summed E-state index contributed by atoms with van der Waals surface area (Å²) in [4.78, 5) is 12.5. The lowest BCUT2D eigenvalue weighted by Crippen LogP contribution is -2.36. The first-order valence-corrected chi connectivity index (χ1v) is 8.77. The molecule has 25 heavy (non-hydrogen) atoms. The summed E-state index contributed by atoms with van der Waals surface area (Å²) in [6.45, 7) is 4.73. The largest absolute Gasteiger partial charge is 0.494 e. The maximum atomic E-state index is 12.5. The van der Waals surface area contributed by atoms with Gasteiger partial charge in [-0.05, 0) is 27.6 Å². The molecular weight excluding hydrogens is 382 g/mol. The van der Waals surface area contributed by atoms with E-state index in [1.807, 2.05) is 24.3 Å². The predicted molar refractivity (Wildman–Crippen MR) is 101 cm³/mol. The normalized spacial score (nSPS) is 11.5. The first-order valence-electron chi connectivity index (χ1n) is 7.97. The van der Waals surface area contributed by atoms with Crippen LogP contribution >= 0.6 is 15.9 Å². The van der Waals surface area contributed by atoms with Crippen molar-refractivity contribution in [2.45, 2.75) is 19.3 Å². The standard InChI is InChI=1S/C19H20BrN3O2/c1-19(2,13-7-5-4-6-8-13)12-21-18(24)15-10-16-17(25-3)9-14(20)11-23(16)22-15/h4-11H,12H2,1-3H3,(H,21,24). The number of ether oxygens (including phenoxy) is 1. The van der Waals surface area contributed by atoms with Crippen LogP contribution in [0.15, 0.2) is 53.1 Å². The second kappa shape index (κ2) is 6.88. The van der Waals surface area contributed by atoms with Crippen molar-refractivity contribution >= 4 is 27.4 Å². The summed E-state index contributed by atoms with van der Waals surface area (Å²) in [5.41, 5.74) is 2.12. The third kappa shape index (κ3) is 3.69. The topological polar surface area (TPSA) is 55.6 Å². The number of nitrogens with zero attached hydrogens (tertiary/aromatic N) is 2. The van der Waals surface area contributed by atoms with Gasteiger partial charge in [0.15, 0.2) is 5.69 Å². The maximum Gasteiger partial charge on any atom is 0.271 e. The minimum absolute atomic E-state index is 0.170. The van der Waals surface area contributed by atoms with Crippen LogP contribution in [0.4, 0.5) is 0 Å². The minimum Gasteiger partial charge on any atom is -0.494 e. The lowest BCUT2D eigenvalue weighted by atomic mass is 9.84. The summed E-state index contributed by atoms with van der Waals surface area (Å²) in [5, 5.41) is 7.33. The van der Waals surface area contributed by atoms with E-state index < -0.39 is 0 Å². The minimum atomic E-state index is -0.203. The lowest BCUT2D eigenvalue weighted by molar-refractivity contribution is 0.0940. The van der Waals surface area contributed by atoms with E-state index in [1.165, 1.54) is 5.56 Å². The Morgan fingerprint density at radius 2 is 2.00 bits per heavy atom. The van der Waals surface area contributed by atoms with Gasteiger partial charge in [0.25, 0.3) is 5.91 Å². The Morgan fingerprint density at radius 3 is 2.68 bits per heavy atom. The van der Waals surface area contributed by atoms with E-state index >= 15 is 0 Å². The van der Waals surface area contributed by atoms with E-state index in [-0.39, 0.29) is 11.3 Å².